The molecule has 0 radical (unpaired) electrons. The molecule has 112 valence electrons. The third kappa shape index (κ3) is 4.40. The van der Waals surface area contributed by atoms with Crippen LogP contribution in [0.15, 0.2) is 33.6 Å². The summed E-state index contributed by atoms with van der Waals surface area (Å²) < 4.78 is 13.4. The molecule has 2 nitrogen and oxygen atoms in total. The maximum absolute atomic E-state index is 12.4. The molecule has 1 aromatic carbocycles. The Bertz CT molecular complexity index is 452. The first-order chi connectivity index (χ1) is 9.72. The van der Waals surface area contributed by atoms with Crippen molar-refractivity contribution in [2.45, 2.75) is 50.0 Å². The van der Waals surface area contributed by atoms with E-state index in [2.05, 4.69) is 28.2 Å². The number of benzene rings is 1. The van der Waals surface area contributed by atoms with Gasteiger partial charge in [-0.2, -0.15) is 0 Å². The topological polar surface area (TPSA) is 29.1 Å². The van der Waals surface area contributed by atoms with E-state index in [0.717, 1.165) is 28.1 Å². The van der Waals surface area contributed by atoms with E-state index < -0.39 is 10.8 Å². The summed E-state index contributed by atoms with van der Waals surface area (Å²) in [6.07, 6.45) is 6.13. The largest absolute Gasteiger partial charge is 0.314 e. The first-order valence-electron chi connectivity index (χ1n) is 7.58. The molecule has 2 rings (SSSR count). The Morgan fingerprint density at radius 3 is 2.90 bits per heavy atom. The van der Waals surface area contributed by atoms with Crippen LogP contribution in [0.4, 0.5) is 0 Å². The van der Waals surface area contributed by atoms with Crippen molar-refractivity contribution in [2.75, 3.05) is 12.3 Å². The van der Waals surface area contributed by atoms with Crippen LogP contribution in [0.1, 0.15) is 39.0 Å². The lowest BCUT2D eigenvalue weighted by Crippen LogP contribution is -2.33. The number of halogens is 1. The van der Waals surface area contributed by atoms with Crippen LogP contribution in [-0.4, -0.2) is 22.5 Å². The van der Waals surface area contributed by atoms with Gasteiger partial charge in [-0.1, -0.05) is 25.5 Å². The van der Waals surface area contributed by atoms with Crippen molar-refractivity contribution in [3.8, 4) is 0 Å². The molecule has 1 saturated carbocycles. The average molecular weight is 358 g/mol. The summed E-state index contributed by atoms with van der Waals surface area (Å²) in [5.74, 6) is 1.48. The Hall–Kier alpha value is -0.190. The Labute approximate surface area is 133 Å². The third-order valence-corrected chi connectivity index (χ3v) is 6.48. The molecule has 20 heavy (non-hydrogen) atoms. The van der Waals surface area contributed by atoms with Gasteiger partial charge in [0.1, 0.15) is 0 Å². The smallest absolute Gasteiger partial charge is 0.0541 e. The minimum atomic E-state index is -0.886. The van der Waals surface area contributed by atoms with Crippen molar-refractivity contribution in [1.82, 2.24) is 5.32 Å². The van der Waals surface area contributed by atoms with Crippen molar-refractivity contribution < 1.29 is 4.21 Å². The summed E-state index contributed by atoms with van der Waals surface area (Å²) in [5, 5.41) is 3.65. The van der Waals surface area contributed by atoms with E-state index in [-0.39, 0.29) is 0 Å². The quantitative estimate of drug-likeness (QED) is 0.795. The molecule has 1 fully saturated rings. The molecule has 0 bridgehead atoms. The molecule has 0 spiro atoms. The number of hydrogen-bond donors (Lipinski definition) is 1. The van der Waals surface area contributed by atoms with Gasteiger partial charge in [0.15, 0.2) is 0 Å². The van der Waals surface area contributed by atoms with Gasteiger partial charge in [-0.25, -0.2) is 0 Å². The monoisotopic (exact) mass is 357 g/mol. The molecule has 3 unspecified atom stereocenters. The molecule has 1 aromatic rings. The predicted molar refractivity (Wildman–Crippen MR) is 89.5 cm³/mol. The van der Waals surface area contributed by atoms with Gasteiger partial charge < -0.3 is 5.32 Å². The molecule has 1 N–H and O–H groups in total. The van der Waals surface area contributed by atoms with E-state index in [4.69, 9.17) is 0 Å². The minimum absolute atomic E-state index is 0.645. The fourth-order valence-corrected chi connectivity index (χ4v) is 5.06. The van der Waals surface area contributed by atoms with Gasteiger partial charge in [0.2, 0.25) is 0 Å². The van der Waals surface area contributed by atoms with Crippen LogP contribution in [0.3, 0.4) is 0 Å². The standard InChI is InChI=1S/C16H24BrNOS/c1-2-11-18-15-8-5-6-13(15)10-12-20(19)16-9-4-3-7-14(16)17/h3-4,7,9,13,15,18H,2,5-6,8,10-12H2,1H3. The molecule has 0 amide bonds. The van der Waals surface area contributed by atoms with Crippen LogP contribution in [0.2, 0.25) is 0 Å². The van der Waals surface area contributed by atoms with Gasteiger partial charge in [0.05, 0.1) is 15.7 Å². The zero-order chi connectivity index (χ0) is 14.4. The Kier molecular flexibility index (Phi) is 6.72. The van der Waals surface area contributed by atoms with Crippen LogP contribution in [-0.2, 0) is 10.8 Å². The minimum Gasteiger partial charge on any atom is -0.314 e. The van der Waals surface area contributed by atoms with E-state index in [9.17, 15) is 4.21 Å². The second kappa shape index (κ2) is 8.30. The molecule has 4 heteroatoms. The van der Waals surface area contributed by atoms with Crippen LogP contribution in [0.25, 0.3) is 0 Å². The van der Waals surface area contributed by atoms with Gasteiger partial charge in [-0.15, -0.1) is 0 Å². The molecule has 0 aromatic heterocycles. The molecular weight excluding hydrogens is 334 g/mol. The van der Waals surface area contributed by atoms with Crippen LogP contribution >= 0.6 is 15.9 Å². The Morgan fingerprint density at radius 2 is 2.15 bits per heavy atom. The van der Waals surface area contributed by atoms with Crippen LogP contribution in [0.5, 0.6) is 0 Å². The molecule has 1 aliphatic carbocycles. The number of rotatable bonds is 7. The lowest BCUT2D eigenvalue weighted by Gasteiger charge is -2.20. The van der Waals surface area contributed by atoms with Crippen molar-refractivity contribution in [3.63, 3.8) is 0 Å². The van der Waals surface area contributed by atoms with Gasteiger partial charge in [-0.3, -0.25) is 4.21 Å². The fraction of sp³-hybridized carbons (Fsp3) is 0.625. The second-order valence-corrected chi connectivity index (χ2v) is 7.91. The maximum atomic E-state index is 12.4. The summed E-state index contributed by atoms with van der Waals surface area (Å²) in [6.45, 7) is 3.31. The van der Waals surface area contributed by atoms with E-state index in [1.54, 1.807) is 0 Å². The first kappa shape index (κ1) is 16.2. The number of hydrogen-bond acceptors (Lipinski definition) is 2. The molecule has 1 aliphatic rings. The highest BCUT2D eigenvalue weighted by Gasteiger charge is 2.26. The summed E-state index contributed by atoms with van der Waals surface area (Å²) in [6, 6.07) is 8.49. The van der Waals surface area contributed by atoms with Crippen LogP contribution in [0, 0.1) is 5.92 Å². The molecule has 3 atom stereocenters. The normalized spacial score (nSPS) is 23.9. The molecular formula is C16H24BrNOS. The van der Waals surface area contributed by atoms with E-state index in [1.807, 2.05) is 24.3 Å². The predicted octanol–water partition coefficient (Wildman–Crippen LogP) is 4.12. The van der Waals surface area contributed by atoms with Gasteiger partial charge in [0, 0.05) is 16.3 Å². The van der Waals surface area contributed by atoms with Gasteiger partial charge in [0.25, 0.3) is 0 Å². The van der Waals surface area contributed by atoms with Gasteiger partial charge >= 0.3 is 0 Å². The highest BCUT2D eigenvalue weighted by atomic mass is 79.9. The summed E-state index contributed by atoms with van der Waals surface area (Å²) in [5.41, 5.74) is 0. The van der Waals surface area contributed by atoms with E-state index >= 15 is 0 Å². The van der Waals surface area contributed by atoms with Gasteiger partial charge in [-0.05, 0) is 66.2 Å². The zero-order valence-corrected chi connectivity index (χ0v) is 14.5. The lowest BCUT2D eigenvalue weighted by atomic mass is 10.0. The van der Waals surface area contributed by atoms with E-state index in [1.165, 1.54) is 25.7 Å². The van der Waals surface area contributed by atoms with Crippen molar-refractivity contribution >= 4 is 26.7 Å². The summed E-state index contributed by atoms with van der Waals surface area (Å²) >= 11 is 3.49. The van der Waals surface area contributed by atoms with Crippen molar-refractivity contribution in [2.24, 2.45) is 5.92 Å². The van der Waals surface area contributed by atoms with Crippen LogP contribution < -0.4 is 5.32 Å². The van der Waals surface area contributed by atoms with Crippen molar-refractivity contribution in [1.29, 1.82) is 0 Å². The van der Waals surface area contributed by atoms with E-state index in [0.29, 0.717) is 12.0 Å². The first-order valence-corrected chi connectivity index (χ1v) is 9.70. The number of nitrogens with one attached hydrogen (secondary N) is 1. The zero-order valence-electron chi connectivity index (χ0n) is 12.1. The summed E-state index contributed by atoms with van der Waals surface area (Å²) in [4.78, 5) is 0.934. The highest BCUT2D eigenvalue weighted by molar-refractivity contribution is 9.10. The van der Waals surface area contributed by atoms with Crippen molar-refractivity contribution in [3.05, 3.63) is 28.7 Å². The second-order valence-electron chi connectivity index (χ2n) is 5.52. The fourth-order valence-electron chi connectivity index (χ4n) is 2.98. The SMILES string of the molecule is CCCNC1CCCC1CCS(=O)c1ccccc1Br. The Morgan fingerprint density at radius 1 is 1.35 bits per heavy atom. The average Bonchev–Trinajstić information content (AvgIpc) is 2.90. The lowest BCUT2D eigenvalue weighted by molar-refractivity contribution is 0.393. The summed E-state index contributed by atoms with van der Waals surface area (Å²) in [7, 11) is -0.886. The maximum Gasteiger partial charge on any atom is 0.0541 e. The third-order valence-electron chi connectivity index (χ3n) is 4.07. The highest BCUT2D eigenvalue weighted by Crippen LogP contribution is 2.29. The molecule has 0 saturated heterocycles. The molecule has 0 heterocycles. The Balaban J connectivity index is 1.85. The molecule has 0 aliphatic heterocycles.